The van der Waals surface area contributed by atoms with Crippen molar-refractivity contribution in [2.75, 3.05) is 6.54 Å². The predicted octanol–water partition coefficient (Wildman–Crippen LogP) is 4.19. The van der Waals surface area contributed by atoms with Gasteiger partial charge in [-0.2, -0.15) is 0 Å². The van der Waals surface area contributed by atoms with Crippen molar-refractivity contribution in [2.45, 2.75) is 25.8 Å². The number of hydrogen-bond donors (Lipinski definition) is 1. The number of hydrogen-bond acceptors (Lipinski definition) is 2. The van der Waals surface area contributed by atoms with Gasteiger partial charge in [0.05, 0.1) is 0 Å². The van der Waals surface area contributed by atoms with Crippen molar-refractivity contribution in [3.05, 3.63) is 64.9 Å². The van der Waals surface area contributed by atoms with Gasteiger partial charge >= 0.3 is 0 Å². The number of nitrogens with zero attached hydrogens (tertiary/aromatic N) is 1. The van der Waals surface area contributed by atoms with Crippen molar-refractivity contribution in [3.63, 3.8) is 0 Å². The van der Waals surface area contributed by atoms with Crippen LogP contribution in [0.4, 0.5) is 0 Å². The highest BCUT2D eigenvalue weighted by atomic mass is 35.5. The molecule has 0 fully saturated rings. The highest BCUT2D eigenvalue weighted by Crippen LogP contribution is 2.29. The minimum absolute atomic E-state index is 0.247. The molecule has 2 atom stereocenters. The first-order chi connectivity index (χ1) is 9.22. The SMILES string of the molecule is CCNC(c1ccc(Cl)cc1)C(C)c1ccccn1. The lowest BCUT2D eigenvalue weighted by atomic mass is 9.91. The molecular weight excluding hydrogens is 256 g/mol. The quantitative estimate of drug-likeness (QED) is 0.884. The molecule has 1 aromatic carbocycles. The van der Waals surface area contributed by atoms with Gasteiger partial charge in [-0.05, 0) is 36.4 Å². The Labute approximate surface area is 119 Å². The summed E-state index contributed by atoms with van der Waals surface area (Å²) in [6, 6.07) is 14.3. The first kappa shape index (κ1) is 14.0. The summed E-state index contributed by atoms with van der Waals surface area (Å²) in [6.07, 6.45) is 1.84. The zero-order chi connectivity index (χ0) is 13.7. The average molecular weight is 275 g/mol. The van der Waals surface area contributed by atoms with Crippen molar-refractivity contribution in [2.24, 2.45) is 0 Å². The van der Waals surface area contributed by atoms with E-state index in [4.69, 9.17) is 11.6 Å². The molecule has 1 heterocycles. The molecule has 19 heavy (non-hydrogen) atoms. The van der Waals surface area contributed by atoms with Crippen LogP contribution in [0.1, 0.15) is 37.1 Å². The predicted molar refractivity (Wildman–Crippen MR) is 80.5 cm³/mol. The Morgan fingerprint density at radius 1 is 1.16 bits per heavy atom. The lowest BCUT2D eigenvalue weighted by molar-refractivity contribution is 0.472. The van der Waals surface area contributed by atoms with Crippen LogP contribution in [0, 0.1) is 0 Å². The molecule has 100 valence electrons. The molecule has 0 spiro atoms. The smallest absolute Gasteiger partial charge is 0.0450 e. The molecule has 1 N–H and O–H groups in total. The first-order valence-corrected chi connectivity index (χ1v) is 7.00. The zero-order valence-electron chi connectivity index (χ0n) is 11.3. The summed E-state index contributed by atoms with van der Waals surface area (Å²) < 4.78 is 0. The summed E-state index contributed by atoms with van der Waals surface area (Å²) in [7, 11) is 0. The molecule has 0 saturated carbocycles. The minimum Gasteiger partial charge on any atom is -0.310 e. The minimum atomic E-state index is 0.247. The first-order valence-electron chi connectivity index (χ1n) is 6.62. The van der Waals surface area contributed by atoms with Gasteiger partial charge in [0.2, 0.25) is 0 Å². The number of likely N-dealkylation sites (N-methyl/N-ethyl adjacent to an activating group) is 1. The van der Waals surface area contributed by atoms with Crippen LogP contribution in [-0.4, -0.2) is 11.5 Å². The van der Waals surface area contributed by atoms with E-state index >= 15 is 0 Å². The van der Waals surface area contributed by atoms with Crippen molar-refractivity contribution in [1.29, 1.82) is 0 Å². The summed E-state index contributed by atoms with van der Waals surface area (Å²) in [5.74, 6) is 0.308. The van der Waals surface area contributed by atoms with Crippen molar-refractivity contribution >= 4 is 11.6 Å². The van der Waals surface area contributed by atoms with Crippen LogP contribution in [0.3, 0.4) is 0 Å². The molecule has 0 radical (unpaired) electrons. The molecule has 1 aromatic heterocycles. The Kier molecular flexibility index (Phi) is 4.94. The van der Waals surface area contributed by atoms with E-state index in [9.17, 15) is 0 Å². The molecule has 2 aromatic rings. The van der Waals surface area contributed by atoms with Crippen LogP contribution in [0.2, 0.25) is 5.02 Å². The van der Waals surface area contributed by atoms with E-state index in [1.165, 1.54) is 5.56 Å². The van der Waals surface area contributed by atoms with Gasteiger partial charge in [0, 0.05) is 28.9 Å². The number of benzene rings is 1. The Bertz CT molecular complexity index is 496. The van der Waals surface area contributed by atoms with Crippen molar-refractivity contribution in [3.8, 4) is 0 Å². The molecule has 0 bridgehead atoms. The van der Waals surface area contributed by atoms with E-state index < -0.39 is 0 Å². The number of rotatable bonds is 5. The third-order valence-corrected chi connectivity index (χ3v) is 3.56. The zero-order valence-corrected chi connectivity index (χ0v) is 12.1. The Morgan fingerprint density at radius 2 is 1.89 bits per heavy atom. The largest absolute Gasteiger partial charge is 0.310 e. The van der Waals surface area contributed by atoms with Gasteiger partial charge in [0.15, 0.2) is 0 Å². The highest BCUT2D eigenvalue weighted by molar-refractivity contribution is 6.30. The number of halogens is 1. The van der Waals surface area contributed by atoms with Gasteiger partial charge in [0.25, 0.3) is 0 Å². The molecule has 3 heteroatoms. The van der Waals surface area contributed by atoms with E-state index in [1.807, 2.05) is 30.5 Å². The second-order valence-corrected chi connectivity index (χ2v) is 5.07. The maximum Gasteiger partial charge on any atom is 0.0450 e. The van der Waals surface area contributed by atoms with Crippen molar-refractivity contribution in [1.82, 2.24) is 10.3 Å². The van der Waals surface area contributed by atoms with Gasteiger partial charge < -0.3 is 5.32 Å². The number of aromatic nitrogens is 1. The van der Waals surface area contributed by atoms with Gasteiger partial charge in [-0.25, -0.2) is 0 Å². The average Bonchev–Trinajstić information content (AvgIpc) is 2.46. The highest BCUT2D eigenvalue weighted by Gasteiger charge is 2.20. The molecular formula is C16H19ClN2. The van der Waals surface area contributed by atoms with Crippen LogP contribution < -0.4 is 5.32 Å². The standard InChI is InChI=1S/C16H19ClN2/c1-3-18-16(13-7-9-14(17)10-8-13)12(2)15-6-4-5-11-19-15/h4-12,16,18H,3H2,1-2H3. The monoisotopic (exact) mass is 274 g/mol. The molecule has 0 aliphatic carbocycles. The van der Waals surface area contributed by atoms with E-state index in [-0.39, 0.29) is 6.04 Å². The molecule has 0 aliphatic heterocycles. The second-order valence-electron chi connectivity index (χ2n) is 4.63. The van der Waals surface area contributed by atoms with Crippen LogP contribution in [0.5, 0.6) is 0 Å². The van der Waals surface area contributed by atoms with Crippen molar-refractivity contribution < 1.29 is 0 Å². The third-order valence-electron chi connectivity index (χ3n) is 3.31. The fourth-order valence-corrected chi connectivity index (χ4v) is 2.42. The Morgan fingerprint density at radius 3 is 2.47 bits per heavy atom. The van der Waals surface area contributed by atoms with E-state index in [1.54, 1.807) is 0 Å². The van der Waals surface area contributed by atoms with Gasteiger partial charge in [-0.15, -0.1) is 0 Å². The van der Waals surface area contributed by atoms with Crippen LogP contribution in [-0.2, 0) is 0 Å². The second kappa shape index (κ2) is 6.69. The third kappa shape index (κ3) is 3.55. The fraction of sp³-hybridized carbons (Fsp3) is 0.312. The lowest BCUT2D eigenvalue weighted by Crippen LogP contribution is -2.26. The maximum absolute atomic E-state index is 5.96. The summed E-state index contributed by atoms with van der Waals surface area (Å²) in [5.41, 5.74) is 2.34. The fourth-order valence-electron chi connectivity index (χ4n) is 2.29. The van der Waals surface area contributed by atoms with Crippen LogP contribution in [0.15, 0.2) is 48.7 Å². The summed E-state index contributed by atoms with van der Waals surface area (Å²) >= 11 is 5.96. The Balaban J connectivity index is 2.27. The maximum atomic E-state index is 5.96. The lowest BCUT2D eigenvalue weighted by Gasteiger charge is -2.25. The molecule has 2 nitrogen and oxygen atoms in total. The van der Waals surface area contributed by atoms with Gasteiger partial charge in [-0.3, -0.25) is 4.98 Å². The molecule has 2 rings (SSSR count). The summed E-state index contributed by atoms with van der Waals surface area (Å²) in [6.45, 7) is 5.24. The van der Waals surface area contributed by atoms with Crippen LogP contribution >= 0.6 is 11.6 Å². The molecule has 2 unspecified atom stereocenters. The van der Waals surface area contributed by atoms with E-state index in [0.717, 1.165) is 17.3 Å². The summed E-state index contributed by atoms with van der Waals surface area (Å²) in [4.78, 5) is 4.46. The topological polar surface area (TPSA) is 24.9 Å². The van der Waals surface area contributed by atoms with Crippen LogP contribution in [0.25, 0.3) is 0 Å². The van der Waals surface area contributed by atoms with Gasteiger partial charge in [0.1, 0.15) is 0 Å². The number of nitrogens with one attached hydrogen (secondary N) is 1. The number of pyridine rings is 1. The van der Waals surface area contributed by atoms with E-state index in [2.05, 4.69) is 42.3 Å². The normalized spacial score (nSPS) is 14.1. The molecule has 0 aliphatic rings. The Hall–Kier alpha value is -1.38. The van der Waals surface area contributed by atoms with E-state index in [0.29, 0.717) is 5.92 Å². The molecule has 0 amide bonds. The van der Waals surface area contributed by atoms with Gasteiger partial charge in [-0.1, -0.05) is 43.6 Å². The summed E-state index contributed by atoms with van der Waals surface area (Å²) in [5, 5.41) is 4.30. The molecule has 0 saturated heterocycles.